The smallest absolute Gasteiger partial charge is 0.270 e. The molecule has 6 nitrogen and oxygen atoms in total. The molecule has 1 saturated heterocycles. The van der Waals surface area contributed by atoms with Gasteiger partial charge in [0, 0.05) is 31.4 Å². The molecular weight excluding hydrogens is 366 g/mol. The van der Waals surface area contributed by atoms with Crippen molar-refractivity contribution in [1.82, 2.24) is 14.3 Å². The van der Waals surface area contributed by atoms with Crippen molar-refractivity contribution in [2.24, 2.45) is 11.8 Å². The number of carbonyl (C=O) groups excluding carboxylic acids is 1. The van der Waals surface area contributed by atoms with E-state index in [2.05, 4.69) is 4.98 Å². The second-order valence-corrected chi connectivity index (χ2v) is 8.17. The molecule has 6 heteroatoms. The number of aliphatic hydroxyl groups is 1. The Hall–Kier alpha value is -2.99. The van der Waals surface area contributed by atoms with Crippen molar-refractivity contribution in [3.63, 3.8) is 0 Å². The number of pyridine rings is 1. The van der Waals surface area contributed by atoms with Crippen molar-refractivity contribution in [1.29, 1.82) is 0 Å². The van der Waals surface area contributed by atoms with Crippen LogP contribution in [0.25, 0.3) is 5.65 Å². The maximum Gasteiger partial charge on any atom is 0.270 e. The van der Waals surface area contributed by atoms with E-state index in [1.165, 1.54) is 10.6 Å². The van der Waals surface area contributed by atoms with E-state index in [1.54, 1.807) is 29.3 Å². The Kier molecular flexibility index (Phi) is 4.24. The number of carbonyl (C=O) groups is 1. The molecule has 2 aromatic heterocycles. The Balaban J connectivity index is 1.46. The van der Waals surface area contributed by atoms with Crippen LogP contribution < -0.4 is 5.56 Å². The minimum absolute atomic E-state index is 0.0289. The summed E-state index contributed by atoms with van der Waals surface area (Å²) in [6.07, 6.45) is 5.61. The molecule has 3 atom stereocenters. The number of nitrogens with zero attached hydrogens (tertiary/aromatic N) is 3. The van der Waals surface area contributed by atoms with Gasteiger partial charge in [-0.2, -0.15) is 0 Å². The molecule has 3 aromatic rings. The second kappa shape index (κ2) is 6.81. The number of hydrogen-bond acceptors (Lipinski definition) is 4. The molecule has 1 N–H and O–H groups in total. The average molecular weight is 389 g/mol. The normalized spacial score (nSPS) is 26.4. The summed E-state index contributed by atoms with van der Waals surface area (Å²) in [5.74, 6) is -0.0987. The number of amides is 1. The summed E-state index contributed by atoms with van der Waals surface area (Å²) >= 11 is 0. The van der Waals surface area contributed by atoms with E-state index in [4.69, 9.17) is 0 Å². The maximum absolute atomic E-state index is 13.2. The fraction of sp³-hybridized carbons (Fsp3) is 0.348. The van der Waals surface area contributed by atoms with Gasteiger partial charge in [0.1, 0.15) is 11.2 Å². The lowest BCUT2D eigenvalue weighted by atomic mass is 9.67. The molecular formula is C23H23N3O3. The molecule has 1 aromatic carbocycles. The standard InChI is InChI=1S/C23H23N3O3/c27-21(18-13-24-20-10-4-5-12-26(20)22(18)28)25-14-16-7-6-11-23(29,19(16)15-25)17-8-2-1-3-9-17/h1-5,8-10,12-13,16,19,29H,6-7,11,14-15H2/t16-,19+,23+/m0/s1. The fourth-order valence-corrected chi connectivity index (χ4v) is 5.12. The third-order valence-corrected chi connectivity index (χ3v) is 6.59. The molecule has 0 bridgehead atoms. The molecule has 2 fully saturated rings. The average Bonchev–Trinajstić information content (AvgIpc) is 3.21. The monoisotopic (exact) mass is 389 g/mol. The zero-order valence-electron chi connectivity index (χ0n) is 16.1. The summed E-state index contributed by atoms with van der Waals surface area (Å²) in [4.78, 5) is 32.0. The molecule has 0 spiro atoms. The van der Waals surface area contributed by atoms with E-state index < -0.39 is 5.60 Å². The van der Waals surface area contributed by atoms with Crippen LogP contribution in [0.5, 0.6) is 0 Å². The van der Waals surface area contributed by atoms with E-state index in [1.807, 2.05) is 30.3 Å². The van der Waals surface area contributed by atoms with Crippen LogP contribution in [0.1, 0.15) is 35.2 Å². The number of rotatable bonds is 2. The molecule has 148 valence electrons. The molecule has 3 heterocycles. The van der Waals surface area contributed by atoms with Gasteiger partial charge in [-0.3, -0.25) is 14.0 Å². The molecule has 0 radical (unpaired) electrons. The minimum Gasteiger partial charge on any atom is -0.385 e. The first kappa shape index (κ1) is 18.1. The van der Waals surface area contributed by atoms with E-state index in [0.717, 1.165) is 18.4 Å². The van der Waals surface area contributed by atoms with Crippen LogP contribution in [-0.2, 0) is 5.60 Å². The highest BCUT2D eigenvalue weighted by Crippen LogP contribution is 2.48. The van der Waals surface area contributed by atoms with Crippen molar-refractivity contribution < 1.29 is 9.90 Å². The Morgan fingerprint density at radius 2 is 1.90 bits per heavy atom. The Bertz CT molecular complexity index is 1130. The maximum atomic E-state index is 13.2. The van der Waals surface area contributed by atoms with Gasteiger partial charge in [-0.25, -0.2) is 4.98 Å². The van der Waals surface area contributed by atoms with Crippen LogP contribution in [0, 0.1) is 11.8 Å². The number of hydrogen-bond donors (Lipinski definition) is 1. The van der Waals surface area contributed by atoms with Crippen molar-refractivity contribution in [3.05, 3.63) is 82.4 Å². The molecule has 1 saturated carbocycles. The van der Waals surface area contributed by atoms with Gasteiger partial charge in [0.05, 0.1) is 5.60 Å². The van der Waals surface area contributed by atoms with Crippen molar-refractivity contribution in [3.8, 4) is 0 Å². The highest BCUT2D eigenvalue weighted by atomic mass is 16.3. The SMILES string of the molecule is O=C(c1cnc2ccccn2c1=O)N1C[C@@H]2CCC[C@@](O)(c3ccccc3)[C@@H]2C1. The molecule has 1 aliphatic carbocycles. The summed E-state index contributed by atoms with van der Waals surface area (Å²) in [6.45, 7) is 1.02. The summed E-state index contributed by atoms with van der Waals surface area (Å²) in [5.41, 5.74) is 0.221. The van der Waals surface area contributed by atoms with Gasteiger partial charge >= 0.3 is 0 Å². The van der Waals surface area contributed by atoms with Crippen molar-refractivity contribution in [2.75, 3.05) is 13.1 Å². The summed E-state index contributed by atoms with van der Waals surface area (Å²) in [7, 11) is 0. The lowest BCUT2D eigenvalue weighted by molar-refractivity contribution is -0.0644. The topological polar surface area (TPSA) is 74.9 Å². The largest absolute Gasteiger partial charge is 0.385 e. The van der Waals surface area contributed by atoms with Crippen LogP contribution in [0.4, 0.5) is 0 Å². The van der Waals surface area contributed by atoms with Crippen LogP contribution in [0.3, 0.4) is 0 Å². The number of aromatic nitrogens is 2. The molecule has 1 aliphatic heterocycles. The zero-order chi connectivity index (χ0) is 20.0. The summed E-state index contributed by atoms with van der Waals surface area (Å²) in [5, 5.41) is 11.6. The van der Waals surface area contributed by atoms with Gasteiger partial charge in [0.15, 0.2) is 0 Å². The van der Waals surface area contributed by atoms with Crippen LogP contribution >= 0.6 is 0 Å². The Morgan fingerprint density at radius 3 is 2.72 bits per heavy atom. The fourth-order valence-electron chi connectivity index (χ4n) is 5.12. The minimum atomic E-state index is -0.935. The summed E-state index contributed by atoms with van der Waals surface area (Å²) in [6, 6.07) is 15.0. The third-order valence-electron chi connectivity index (χ3n) is 6.59. The third kappa shape index (κ3) is 2.86. The van der Waals surface area contributed by atoms with Crippen molar-refractivity contribution >= 4 is 11.6 Å². The van der Waals surface area contributed by atoms with Crippen LogP contribution in [0.2, 0.25) is 0 Å². The first-order valence-electron chi connectivity index (χ1n) is 10.1. The Morgan fingerprint density at radius 1 is 1.10 bits per heavy atom. The quantitative estimate of drug-likeness (QED) is 0.731. The van der Waals surface area contributed by atoms with Crippen LogP contribution in [0.15, 0.2) is 65.7 Å². The van der Waals surface area contributed by atoms with Gasteiger partial charge in [0.25, 0.3) is 11.5 Å². The van der Waals surface area contributed by atoms with E-state index in [0.29, 0.717) is 25.2 Å². The molecule has 2 aliphatic rings. The van der Waals surface area contributed by atoms with Gasteiger partial charge in [-0.1, -0.05) is 36.4 Å². The number of fused-ring (bicyclic) bond motifs is 2. The van der Waals surface area contributed by atoms with Crippen molar-refractivity contribution in [2.45, 2.75) is 24.9 Å². The number of benzene rings is 1. The predicted octanol–water partition coefficient (Wildman–Crippen LogP) is 2.45. The zero-order valence-corrected chi connectivity index (χ0v) is 16.1. The van der Waals surface area contributed by atoms with E-state index in [-0.39, 0.29) is 28.9 Å². The Labute approximate surface area is 168 Å². The highest BCUT2D eigenvalue weighted by Gasteiger charge is 2.50. The predicted molar refractivity (Wildman–Crippen MR) is 109 cm³/mol. The van der Waals surface area contributed by atoms with Gasteiger partial charge in [0.2, 0.25) is 0 Å². The van der Waals surface area contributed by atoms with E-state index >= 15 is 0 Å². The van der Waals surface area contributed by atoms with E-state index in [9.17, 15) is 14.7 Å². The van der Waals surface area contributed by atoms with Gasteiger partial charge < -0.3 is 10.0 Å². The van der Waals surface area contributed by atoms with Gasteiger partial charge in [-0.15, -0.1) is 0 Å². The first-order valence-corrected chi connectivity index (χ1v) is 10.1. The first-order chi connectivity index (χ1) is 14.1. The summed E-state index contributed by atoms with van der Waals surface area (Å²) < 4.78 is 1.40. The molecule has 5 rings (SSSR count). The lowest BCUT2D eigenvalue weighted by Gasteiger charge is -2.41. The lowest BCUT2D eigenvalue weighted by Crippen LogP contribution is -2.43. The van der Waals surface area contributed by atoms with Gasteiger partial charge in [-0.05, 0) is 42.9 Å². The molecule has 0 unspecified atom stereocenters. The number of likely N-dealkylation sites (tertiary alicyclic amines) is 1. The highest BCUT2D eigenvalue weighted by molar-refractivity contribution is 5.94. The molecule has 29 heavy (non-hydrogen) atoms. The van der Waals surface area contributed by atoms with Crippen LogP contribution in [-0.4, -0.2) is 38.4 Å². The second-order valence-electron chi connectivity index (χ2n) is 8.17. The molecule has 1 amide bonds.